The van der Waals surface area contributed by atoms with Crippen molar-refractivity contribution < 1.29 is 4.79 Å². The molecular weight excluding hydrogens is 374 g/mol. The molecule has 2 N–H and O–H groups in total. The van der Waals surface area contributed by atoms with Crippen LogP contribution in [0.15, 0.2) is 67.1 Å². The molecule has 0 spiro atoms. The van der Waals surface area contributed by atoms with Gasteiger partial charge in [0.15, 0.2) is 0 Å². The molecular formula is C24H23N5O. The van der Waals surface area contributed by atoms with Crippen molar-refractivity contribution in [1.29, 1.82) is 0 Å². The van der Waals surface area contributed by atoms with Gasteiger partial charge in [0.25, 0.3) is 5.91 Å². The number of aromatic nitrogens is 3. The number of carbonyl (C=O) groups excluding carboxylic acids is 1. The number of fused-ring (bicyclic) bond motifs is 1. The van der Waals surface area contributed by atoms with Crippen molar-refractivity contribution in [1.82, 2.24) is 15.0 Å². The average molecular weight is 397 g/mol. The molecule has 0 unspecified atom stereocenters. The Labute approximate surface area is 175 Å². The van der Waals surface area contributed by atoms with E-state index in [0.717, 1.165) is 29.4 Å². The Kier molecular flexibility index (Phi) is 5.66. The van der Waals surface area contributed by atoms with Gasteiger partial charge in [-0.2, -0.15) is 0 Å². The van der Waals surface area contributed by atoms with Crippen LogP contribution < -0.4 is 10.6 Å². The highest BCUT2D eigenvalue weighted by atomic mass is 16.1. The number of hydrogen-bond donors (Lipinski definition) is 2. The summed E-state index contributed by atoms with van der Waals surface area (Å²) >= 11 is 0. The molecule has 2 aromatic carbocycles. The monoisotopic (exact) mass is 397 g/mol. The first-order valence-corrected chi connectivity index (χ1v) is 10.0. The Morgan fingerprint density at radius 2 is 1.53 bits per heavy atom. The fourth-order valence-electron chi connectivity index (χ4n) is 3.42. The molecule has 0 radical (unpaired) electrons. The van der Waals surface area contributed by atoms with Gasteiger partial charge in [-0.05, 0) is 36.1 Å². The lowest BCUT2D eigenvalue weighted by Crippen LogP contribution is -2.13. The number of rotatable bonds is 6. The third kappa shape index (κ3) is 3.98. The average Bonchev–Trinajstić information content (AvgIpc) is 2.80. The summed E-state index contributed by atoms with van der Waals surface area (Å²) in [5, 5.41) is 7.19. The number of nitrogens with one attached hydrogen (secondary N) is 2. The molecule has 4 aromatic rings. The van der Waals surface area contributed by atoms with Gasteiger partial charge in [-0.3, -0.25) is 9.78 Å². The highest BCUT2D eigenvalue weighted by Crippen LogP contribution is 2.25. The Hall–Kier alpha value is -3.80. The molecule has 0 atom stereocenters. The van der Waals surface area contributed by atoms with Crippen molar-refractivity contribution in [3.63, 3.8) is 0 Å². The van der Waals surface area contributed by atoms with Crippen LogP contribution >= 0.6 is 0 Å². The third-order valence-corrected chi connectivity index (χ3v) is 5.03. The fraction of sp³-hybridized carbons (Fsp3) is 0.167. The Bertz CT molecular complexity index is 1160. The van der Waals surface area contributed by atoms with Crippen molar-refractivity contribution in [2.45, 2.75) is 26.7 Å². The minimum atomic E-state index is -0.275. The van der Waals surface area contributed by atoms with E-state index in [0.29, 0.717) is 17.2 Å². The second kappa shape index (κ2) is 8.69. The summed E-state index contributed by atoms with van der Waals surface area (Å²) in [6, 6.07) is 15.8. The molecule has 0 fully saturated rings. The number of para-hydroxylation sites is 2. The lowest BCUT2D eigenvalue weighted by Gasteiger charge is -2.14. The zero-order valence-corrected chi connectivity index (χ0v) is 17.0. The number of amides is 1. The van der Waals surface area contributed by atoms with E-state index in [1.54, 1.807) is 6.20 Å². The predicted octanol–water partition coefficient (Wildman–Crippen LogP) is 5.15. The SMILES string of the molecule is CCc1cccc(CC)c1Nc1ncc(C(=O)Nc2cccc3cccnc23)cn1. The molecule has 2 aromatic heterocycles. The van der Waals surface area contributed by atoms with Crippen LogP contribution in [0.2, 0.25) is 0 Å². The molecule has 1 amide bonds. The fourth-order valence-corrected chi connectivity index (χ4v) is 3.42. The standard InChI is InChI=1S/C24H23N5O/c1-3-16-8-5-9-17(4-2)21(16)29-24-26-14-19(15-27-24)23(30)28-20-12-6-10-18-11-7-13-25-22(18)20/h5-15H,3-4H2,1-2H3,(H,28,30)(H,26,27,29). The molecule has 0 aliphatic heterocycles. The zero-order chi connectivity index (χ0) is 20.9. The van der Waals surface area contributed by atoms with Crippen molar-refractivity contribution >= 4 is 34.1 Å². The zero-order valence-electron chi connectivity index (χ0n) is 17.0. The second-order valence-corrected chi connectivity index (χ2v) is 6.91. The maximum Gasteiger partial charge on any atom is 0.258 e. The summed E-state index contributed by atoms with van der Waals surface area (Å²) in [7, 11) is 0. The number of nitrogens with zero attached hydrogens (tertiary/aromatic N) is 3. The quantitative estimate of drug-likeness (QED) is 0.471. The van der Waals surface area contributed by atoms with Gasteiger partial charge < -0.3 is 10.6 Å². The summed E-state index contributed by atoms with van der Waals surface area (Å²) < 4.78 is 0. The number of aryl methyl sites for hydroxylation is 2. The summed E-state index contributed by atoms with van der Waals surface area (Å²) in [4.78, 5) is 25.8. The maximum absolute atomic E-state index is 12.7. The number of hydrogen-bond acceptors (Lipinski definition) is 5. The van der Waals surface area contributed by atoms with Gasteiger partial charge in [-0.1, -0.05) is 50.2 Å². The van der Waals surface area contributed by atoms with Gasteiger partial charge >= 0.3 is 0 Å². The molecule has 2 heterocycles. The van der Waals surface area contributed by atoms with E-state index in [4.69, 9.17) is 0 Å². The summed E-state index contributed by atoms with van der Waals surface area (Å²) in [5.41, 5.74) is 5.25. The van der Waals surface area contributed by atoms with E-state index in [1.807, 2.05) is 30.3 Å². The van der Waals surface area contributed by atoms with Gasteiger partial charge in [-0.15, -0.1) is 0 Å². The highest BCUT2D eigenvalue weighted by Gasteiger charge is 2.12. The summed E-state index contributed by atoms with van der Waals surface area (Å²) in [6.45, 7) is 4.24. The molecule has 30 heavy (non-hydrogen) atoms. The van der Waals surface area contributed by atoms with Crippen LogP contribution in [0.25, 0.3) is 10.9 Å². The van der Waals surface area contributed by atoms with Crippen LogP contribution in [-0.4, -0.2) is 20.9 Å². The Morgan fingerprint density at radius 3 is 2.23 bits per heavy atom. The van der Waals surface area contributed by atoms with Crippen molar-refractivity contribution in [2.75, 3.05) is 10.6 Å². The minimum absolute atomic E-state index is 0.275. The van der Waals surface area contributed by atoms with Crippen molar-refractivity contribution in [2.24, 2.45) is 0 Å². The molecule has 6 heteroatoms. The van der Waals surface area contributed by atoms with Crippen LogP contribution in [0, 0.1) is 0 Å². The molecule has 0 aliphatic carbocycles. The van der Waals surface area contributed by atoms with E-state index in [1.165, 1.54) is 23.5 Å². The smallest absolute Gasteiger partial charge is 0.258 e. The van der Waals surface area contributed by atoms with Gasteiger partial charge in [0, 0.05) is 29.7 Å². The number of anilines is 3. The molecule has 150 valence electrons. The van der Waals surface area contributed by atoms with Gasteiger partial charge in [-0.25, -0.2) is 9.97 Å². The van der Waals surface area contributed by atoms with E-state index < -0.39 is 0 Å². The van der Waals surface area contributed by atoms with Crippen molar-refractivity contribution in [3.8, 4) is 0 Å². The molecule has 0 bridgehead atoms. The van der Waals surface area contributed by atoms with Gasteiger partial charge in [0.1, 0.15) is 0 Å². The molecule has 4 rings (SSSR count). The topological polar surface area (TPSA) is 79.8 Å². The van der Waals surface area contributed by atoms with Crippen LogP contribution in [0.3, 0.4) is 0 Å². The maximum atomic E-state index is 12.7. The highest BCUT2D eigenvalue weighted by molar-refractivity contribution is 6.08. The van der Waals surface area contributed by atoms with E-state index in [-0.39, 0.29) is 5.91 Å². The van der Waals surface area contributed by atoms with Crippen LogP contribution in [0.5, 0.6) is 0 Å². The van der Waals surface area contributed by atoms with Gasteiger partial charge in [0.2, 0.25) is 5.95 Å². The van der Waals surface area contributed by atoms with E-state index >= 15 is 0 Å². The van der Waals surface area contributed by atoms with Crippen LogP contribution in [0.4, 0.5) is 17.3 Å². The number of pyridine rings is 1. The predicted molar refractivity (Wildman–Crippen MR) is 120 cm³/mol. The van der Waals surface area contributed by atoms with E-state index in [2.05, 4.69) is 57.6 Å². The first-order valence-electron chi connectivity index (χ1n) is 10.0. The summed E-state index contributed by atoms with van der Waals surface area (Å²) in [6.07, 6.45) is 6.60. The molecule has 0 aliphatic rings. The van der Waals surface area contributed by atoms with Crippen molar-refractivity contribution in [3.05, 3.63) is 83.8 Å². The number of benzene rings is 2. The Balaban J connectivity index is 1.53. The van der Waals surface area contributed by atoms with E-state index in [9.17, 15) is 4.79 Å². The summed E-state index contributed by atoms with van der Waals surface area (Å²) in [5.74, 6) is 0.192. The lowest BCUT2D eigenvalue weighted by molar-refractivity contribution is 0.102. The second-order valence-electron chi connectivity index (χ2n) is 6.91. The van der Waals surface area contributed by atoms with Crippen LogP contribution in [0.1, 0.15) is 35.3 Å². The first kappa shape index (κ1) is 19.5. The molecule has 0 saturated heterocycles. The lowest BCUT2D eigenvalue weighted by atomic mass is 10.0. The first-order chi connectivity index (χ1) is 14.7. The van der Waals surface area contributed by atoms with Crippen LogP contribution in [-0.2, 0) is 12.8 Å². The van der Waals surface area contributed by atoms with Gasteiger partial charge in [0.05, 0.1) is 16.8 Å². The largest absolute Gasteiger partial charge is 0.324 e. The normalized spacial score (nSPS) is 10.7. The molecule has 6 nitrogen and oxygen atoms in total. The minimum Gasteiger partial charge on any atom is -0.324 e. The number of carbonyl (C=O) groups is 1. The Morgan fingerprint density at radius 1 is 0.867 bits per heavy atom. The molecule has 0 saturated carbocycles. The third-order valence-electron chi connectivity index (χ3n) is 5.03.